The fourth-order valence-electron chi connectivity index (χ4n) is 0.354. The first-order valence-electron chi connectivity index (χ1n) is 2.08. The molecule has 1 unspecified atom stereocenters. The van der Waals surface area contributed by atoms with Crippen molar-refractivity contribution in [1.82, 2.24) is 0 Å². The topological polar surface area (TPSA) is 51.0 Å². The van der Waals surface area contributed by atoms with Gasteiger partial charge in [0.1, 0.15) is 6.61 Å². The molecule has 5 heteroatoms. The summed E-state index contributed by atoms with van der Waals surface area (Å²) >= 11 is 0. The standard InChI is InChI=1S/C3H4BNO3/c4-3-7-2(1-6)5-8-3/h3,6H,1H2. The molecule has 42 valence electrons. The second-order valence-corrected chi connectivity index (χ2v) is 1.23. The second-order valence-electron chi connectivity index (χ2n) is 1.23. The lowest BCUT2D eigenvalue weighted by Gasteiger charge is -1.98. The first-order valence-corrected chi connectivity index (χ1v) is 2.08. The van der Waals surface area contributed by atoms with E-state index in [1.807, 2.05) is 0 Å². The van der Waals surface area contributed by atoms with Crippen LogP contribution in [0.25, 0.3) is 0 Å². The number of oxime groups is 1. The van der Waals surface area contributed by atoms with Crippen molar-refractivity contribution in [2.24, 2.45) is 5.16 Å². The van der Waals surface area contributed by atoms with Gasteiger partial charge in [-0.3, -0.25) is 0 Å². The van der Waals surface area contributed by atoms with E-state index in [9.17, 15) is 0 Å². The Hall–Kier alpha value is -0.705. The van der Waals surface area contributed by atoms with Crippen LogP contribution in [0.15, 0.2) is 5.16 Å². The fraction of sp³-hybridized carbons (Fsp3) is 0.667. The van der Waals surface area contributed by atoms with E-state index in [2.05, 4.69) is 14.7 Å². The van der Waals surface area contributed by atoms with Crippen LogP contribution >= 0.6 is 0 Å². The lowest BCUT2D eigenvalue weighted by atomic mass is 10.1. The zero-order chi connectivity index (χ0) is 5.98. The quantitative estimate of drug-likeness (QED) is 0.434. The van der Waals surface area contributed by atoms with Crippen molar-refractivity contribution in [2.45, 2.75) is 6.19 Å². The monoisotopic (exact) mass is 113 g/mol. The molecule has 1 atom stereocenters. The van der Waals surface area contributed by atoms with Gasteiger partial charge in [-0.05, 0) is 5.16 Å². The van der Waals surface area contributed by atoms with Gasteiger partial charge in [0.25, 0.3) is 5.90 Å². The molecule has 0 aliphatic carbocycles. The first kappa shape index (κ1) is 5.43. The fourth-order valence-corrected chi connectivity index (χ4v) is 0.354. The zero-order valence-electron chi connectivity index (χ0n) is 4.07. The molecule has 0 amide bonds. The molecule has 1 rings (SSSR count). The average Bonchev–Trinajstić information content (AvgIpc) is 2.14. The second kappa shape index (κ2) is 2.04. The molecule has 0 fully saturated rings. The molecule has 1 aliphatic heterocycles. The van der Waals surface area contributed by atoms with Crippen molar-refractivity contribution in [3.8, 4) is 0 Å². The highest BCUT2D eigenvalue weighted by molar-refractivity contribution is 6.11. The van der Waals surface area contributed by atoms with Crippen molar-refractivity contribution in [3.63, 3.8) is 0 Å². The third kappa shape index (κ3) is 0.922. The van der Waals surface area contributed by atoms with Gasteiger partial charge in [-0.15, -0.1) is 0 Å². The highest BCUT2D eigenvalue weighted by atomic mass is 16.8. The first-order chi connectivity index (χ1) is 3.83. The van der Waals surface area contributed by atoms with Crippen LogP contribution in [-0.4, -0.2) is 31.6 Å². The number of hydrogen-bond donors (Lipinski definition) is 1. The molecule has 1 N–H and O–H groups in total. The largest absolute Gasteiger partial charge is 0.445 e. The van der Waals surface area contributed by atoms with Crippen LogP contribution in [0.2, 0.25) is 0 Å². The van der Waals surface area contributed by atoms with Gasteiger partial charge in [-0.2, -0.15) is 0 Å². The van der Waals surface area contributed by atoms with Crippen molar-refractivity contribution < 1.29 is 14.7 Å². The summed E-state index contributed by atoms with van der Waals surface area (Å²) in [5.41, 5.74) is 0. The van der Waals surface area contributed by atoms with E-state index in [0.29, 0.717) is 0 Å². The van der Waals surface area contributed by atoms with E-state index in [4.69, 9.17) is 13.0 Å². The van der Waals surface area contributed by atoms with Gasteiger partial charge in [-0.1, -0.05) is 0 Å². The molecule has 0 spiro atoms. The molecule has 2 radical (unpaired) electrons. The van der Waals surface area contributed by atoms with E-state index in [-0.39, 0.29) is 12.5 Å². The van der Waals surface area contributed by atoms with E-state index in [1.165, 1.54) is 0 Å². The highest BCUT2D eigenvalue weighted by Crippen LogP contribution is 2.00. The maximum atomic E-state index is 8.29. The van der Waals surface area contributed by atoms with Crippen LogP contribution in [-0.2, 0) is 9.57 Å². The molecule has 0 saturated heterocycles. The van der Waals surface area contributed by atoms with Gasteiger partial charge in [0, 0.05) is 0 Å². The van der Waals surface area contributed by atoms with Gasteiger partial charge in [0.15, 0.2) is 7.85 Å². The normalized spacial score (nSPS) is 26.1. The number of aliphatic hydroxyl groups excluding tert-OH is 1. The highest BCUT2D eigenvalue weighted by Gasteiger charge is 2.13. The van der Waals surface area contributed by atoms with Gasteiger partial charge >= 0.3 is 0 Å². The Morgan fingerprint density at radius 2 is 2.62 bits per heavy atom. The summed E-state index contributed by atoms with van der Waals surface area (Å²) in [6.07, 6.45) is -0.836. The predicted octanol–water partition coefficient (Wildman–Crippen LogP) is -1.21. The van der Waals surface area contributed by atoms with Gasteiger partial charge < -0.3 is 14.7 Å². The molecular formula is C3H4BNO3. The number of ether oxygens (including phenoxy) is 1. The summed E-state index contributed by atoms with van der Waals surface area (Å²) in [4.78, 5) is 4.34. The minimum atomic E-state index is -0.836. The molecule has 4 nitrogen and oxygen atoms in total. The van der Waals surface area contributed by atoms with Gasteiger partial charge in [0.05, 0.1) is 0 Å². The Morgan fingerprint density at radius 3 is 2.88 bits per heavy atom. The summed E-state index contributed by atoms with van der Waals surface area (Å²) in [6, 6.07) is 0. The van der Waals surface area contributed by atoms with Crippen LogP contribution in [0.1, 0.15) is 0 Å². The Bertz CT molecular complexity index is 115. The third-order valence-electron chi connectivity index (χ3n) is 0.646. The Labute approximate surface area is 47.5 Å². The Morgan fingerprint density at radius 1 is 1.88 bits per heavy atom. The van der Waals surface area contributed by atoms with E-state index in [1.54, 1.807) is 0 Å². The zero-order valence-corrected chi connectivity index (χ0v) is 4.07. The molecular weight excluding hydrogens is 109 g/mol. The molecule has 1 heterocycles. The lowest BCUT2D eigenvalue weighted by Crippen LogP contribution is -2.12. The summed E-state index contributed by atoms with van der Waals surface area (Å²) in [6.45, 7) is -0.270. The van der Waals surface area contributed by atoms with Crippen LogP contribution in [0.3, 0.4) is 0 Å². The third-order valence-corrected chi connectivity index (χ3v) is 0.646. The summed E-state index contributed by atoms with van der Waals surface area (Å²) in [7, 11) is 5.03. The Kier molecular flexibility index (Phi) is 1.39. The van der Waals surface area contributed by atoms with Crippen molar-refractivity contribution >= 4 is 13.7 Å². The molecule has 0 saturated carbocycles. The average molecular weight is 113 g/mol. The van der Waals surface area contributed by atoms with E-state index >= 15 is 0 Å². The van der Waals surface area contributed by atoms with E-state index < -0.39 is 6.19 Å². The van der Waals surface area contributed by atoms with E-state index in [0.717, 1.165) is 0 Å². The number of aliphatic hydroxyl groups is 1. The molecule has 1 aliphatic rings. The maximum Gasteiger partial charge on any atom is 0.254 e. The van der Waals surface area contributed by atoms with Crippen LogP contribution < -0.4 is 0 Å². The molecule has 8 heavy (non-hydrogen) atoms. The van der Waals surface area contributed by atoms with Crippen LogP contribution in [0.5, 0.6) is 0 Å². The van der Waals surface area contributed by atoms with Gasteiger partial charge in [-0.25, -0.2) is 0 Å². The summed E-state index contributed by atoms with van der Waals surface area (Å²) in [5, 5.41) is 11.5. The number of nitrogens with zero attached hydrogens (tertiary/aromatic N) is 1. The number of rotatable bonds is 1. The molecule has 0 aromatic heterocycles. The van der Waals surface area contributed by atoms with Crippen LogP contribution in [0, 0.1) is 0 Å². The van der Waals surface area contributed by atoms with Gasteiger partial charge in [0.2, 0.25) is 6.19 Å². The number of hydrogen-bond acceptors (Lipinski definition) is 4. The van der Waals surface area contributed by atoms with Crippen molar-refractivity contribution in [2.75, 3.05) is 6.61 Å². The molecule has 0 aromatic carbocycles. The smallest absolute Gasteiger partial charge is 0.254 e. The minimum absolute atomic E-state index is 0.123. The predicted molar refractivity (Wildman–Crippen MR) is 26.2 cm³/mol. The van der Waals surface area contributed by atoms with Crippen LogP contribution in [0.4, 0.5) is 0 Å². The van der Waals surface area contributed by atoms with Crippen molar-refractivity contribution in [3.05, 3.63) is 0 Å². The molecule has 0 aromatic rings. The molecule has 0 bridgehead atoms. The Balaban J connectivity index is 2.37. The van der Waals surface area contributed by atoms with Crippen molar-refractivity contribution in [1.29, 1.82) is 0 Å². The minimum Gasteiger partial charge on any atom is -0.445 e. The lowest BCUT2D eigenvalue weighted by molar-refractivity contribution is 0.0166. The summed E-state index contributed by atoms with van der Waals surface area (Å²) in [5.74, 6) is 0.123. The maximum absolute atomic E-state index is 8.29. The SMILES string of the molecule is [B]C1ON=C(CO)O1. The summed E-state index contributed by atoms with van der Waals surface area (Å²) < 4.78 is 4.57.